The third-order valence-corrected chi connectivity index (χ3v) is 11.9. The smallest absolute Gasteiger partial charge is 0.306 e. The summed E-state index contributed by atoms with van der Waals surface area (Å²) in [5.74, 6) is -0.859. The number of rotatable bonds is 48. The molecule has 0 saturated carbocycles. The third-order valence-electron chi connectivity index (χ3n) is 11.9. The average Bonchev–Trinajstić information content (AvgIpc) is 3.22. The SMILES string of the molecule is CCCCCCCCCCCCCCCCCCCCCCCCC(=O)OCC(COC(=O)CCCCCCC)OC(=O)CCCCCCCCCCCCCCC. The van der Waals surface area contributed by atoms with Crippen LogP contribution in [0.25, 0.3) is 0 Å². The van der Waals surface area contributed by atoms with Crippen LogP contribution in [-0.4, -0.2) is 37.2 Å². The average molecular weight is 821 g/mol. The minimum atomic E-state index is -0.757. The van der Waals surface area contributed by atoms with Crippen LogP contribution < -0.4 is 0 Å². The van der Waals surface area contributed by atoms with Gasteiger partial charge in [0.15, 0.2) is 6.10 Å². The maximum absolute atomic E-state index is 12.7. The van der Waals surface area contributed by atoms with Crippen LogP contribution >= 0.6 is 0 Å². The predicted molar refractivity (Wildman–Crippen MR) is 247 cm³/mol. The van der Waals surface area contributed by atoms with Gasteiger partial charge in [-0.15, -0.1) is 0 Å². The van der Waals surface area contributed by atoms with Crippen LogP contribution in [0, 0.1) is 0 Å². The lowest BCUT2D eigenvalue weighted by molar-refractivity contribution is -0.167. The van der Waals surface area contributed by atoms with Crippen molar-refractivity contribution in [2.24, 2.45) is 0 Å². The highest BCUT2D eigenvalue weighted by Gasteiger charge is 2.19. The van der Waals surface area contributed by atoms with Crippen LogP contribution in [-0.2, 0) is 28.6 Å². The molecule has 0 aliphatic heterocycles. The molecule has 1 atom stereocenters. The molecule has 58 heavy (non-hydrogen) atoms. The van der Waals surface area contributed by atoms with E-state index in [2.05, 4.69) is 20.8 Å². The van der Waals surface area contributed by atoms with Crippen LogP contribution in [0.15, 0.2) is 0 Å². The highest BCUT2D eigenvalue weighted by molar-refractivity contribution is 5.71. The Bertz CT molecular complexity index is 859. The molecule has 0 aromatic carbocycles. The first-order valence-corrected chi connectivity index (χ1v) is 26.0. The Hall–Kier alpha value is -1.59. The zero-order valence-corrected chi connectivity index (χ0v) is 39.3. The molecular formula is C52H100O6. The molecule has 0 bridgehead atoms. The van der Waals surface area contributed by atoms with Crippen molar-refractivity contribution in [3.63, 3.8) is 0 Å². The maximum Gasteiger partial charge on any atom is 0.306 e. The fourth-order valence-electron chi connectivity index (χ4n) is 7.92. The fraction of sp³-hybridized carbons (Fsp3) is 0.942. The quantitative estimate of drug-likeness (QED) is 0.0346. The second-order valence-electron chi connectivity index (χ2n) is 17.8. The maximum atomic E-state index is 12.7. The van der Waals surface area contributed by atoms with Gasteiger partial charge in [-0.05, 0) is 19.3 Å². The Kier molecular flexibility index (Phi) is 46.8. The molecule has 0 saturated heterocycles. The van der Waals surface area contributed by atoms with Gasteiger partial charge in [-0.25, -0.2) is 0 Å². The van der Waals surface area contributed by atoms with Gasteiger partial charge >= 0.3 is 17.9 Å². The molecule has 0 N–H and O–H groups in total. The van der Waals surface area contributed by atoms with Crippen molar-refractivity contribution in [2.45, 2.75) is 303 Å². The summed E-state index contributed by atoms with van der Waals surface area (Å²) < 4.78 is 16.7. The molecule has 0 aliphatic carbocycles. The largest absolute Gasteiger partial charge is 0.462 e. The van der Waals surface area contributed by atoms with Gasteiger partial charge in [0.25, 0.3) is 0 Å². The van der Waals surface area contributed by atoms with Gasteiger partial charge in [-0.3, -0.25) is 14.4 Å². The first kappa shape index (κ1) is 56.4. The molecule has 6 heteroatoms. The Morgan fingerprint density at radius 1 is 0.276 bits per heavy atom. The van der Waals surface area contributed by atoms with Gasteiger partial charge in [-0.2, -0.15) is 0 Å². The number of ether oxygens (including phenoxy) is 3. The van der Waals surface area contributed by atoms with Crippen molar-refractivity contribution < 1.29 is 28.6 Å². The molecular weight excluding hydrogens is 721 g/mol. The summed E-state index contributed by atoms with van der Waals surface area (Å²) in [4.78, 5) is 37.6. The number of carbonyl (C=O) groups is 3. The molecule has 0 spiro atoms. The highest BCUT2D eigenvalue weighted by Crippen LogP contribution is 2.17. The van der Waals surface area contributed by atoms with Gasteiger partial charge in [-0.1, -0.05) is 258 Å². The van der Waals surface area contributed by atoms with Crippen molar-refractivity contribution in [3.8, 4) is 0 Å². The summed E-state index contributed by atoms with van der Waals surface area (Å²) in [6, 6.07) is 0. The van der Waals surface area contributed by atoms with Crippen LogP contribution in [0.1, 0.15) is 297 Å². The molecule has 0 heterocycles. The van der Waals surface area contributed by atoms with E-state index in [-0.39, 0.29) is 31.1 Å². The Balaban J connectivity index is 4.02. The van der Waals surface area contributed by atoms with Crippen molar-refractivity contribution in [3.05, 3.63) is 0 Å². The van der Waals surface area contributed by atoms with Crippen molar-refractivity contribution in [1.82, 2.24) is 0 Å². The van der Waals surface area contributed by atoms with Gasteiger partial charge < -0.3 is 14.2 Å². The topological polar surface area (TPSA) is 78.9 Å². The van der Waals surface area contributed by atoms with E-state index >= 15 is 0 Å². The third kappa shape index (κ3) is 45.5. The minimum absolute atomic E-state index is 0.0632. The Morgan fingerprint density at radius 2 is 0.466 bits per heavy atom. The molecule has 344 valence electrons. The molecule has 0 aliphatic rings. The molecule has 6 nitrogen and oxygen atoms in total. The molecule has 1 unspecified atom stereocenters. The van der Waals surface area contributed by atoms with Crippen molar-refractivity contribution in [1.29, 1.82) is 0 Å². The van der Waals surface area contributed by atoms with Crippen LogP contribution in [0.4, 0.5) is 0 Å². The standard InChI is InChI=1S/C52H100O6/c1-4-7-10-13-15-17-19-21-22-23-24-25-26-27-28-29-31-32-34-36-39-42-45-51(54)57-48-49(47-56-50(53)44-41-38-12-9-6-3)58-52(55)46-43-40-37-35-33-30-20-18-16-14-11-8-5-2/h49H,4-48H2,1-3H3. The minimum Gasteiger partial charge on any atom is -0.462 e. The fourth-order valence-corrected chi connectivity index (χ4v) is 7.92. The molecule has 0 amide bonds. The normalized spacial score (nSPS) is 11.8. The van der Waals surface area contributed by atoms with E-state index < -0.39 is 6.10 Å². The number of esters is 3. The number of unbranched alkanes of at least 4 members (excludes halogenated alkanes) is 37. The first-order chi connectivity index (χ1) is 28.5. The van der Waals surface area contributed by atoms with Gasteiger partial charge in [0.1, 0.15) is 13.2 Å². The zero-order chi connectivity index (χ0) is 42.3. The molecule has 0 rings (SSSR count). The van der Waals surface area contributed by atoms with E-state index in [4.69, 9.17) is 14.2 Å². The van der Waals surface area contributed by atoms with E-state index in [9.17, 15) is 14.4 Å². The second-order valence-corrected chi connectivity index (χ2v) is 17.8. The van der Waals surface area contributed by atoms with Crippen LogP contribution in [0.3, 0.4) is 0 Å². The summed E-state index contributed by atoms with van der Waals surface area (Å²) in [5, 5.41) is 0. The van der Waals surface area contributed by atoms with Crippen molar-refractivity contribution >= 4 is 17.9 Å². The summed E-state index contributed by atoms with van der Waals surface area (Å²) in [7, 11) is 0. The lowest BCUT2D eigenvalue weighted by atomic mass is 10.0. The summed E-state index contributed by atoms with van der Waals surface area (Å²) in [5.41, 5.74) is 0. The van der Waals surface area contributed by atoms with E-state index in [1.165, 1.54) is 193 Å². The number of carbonyl (C=O) groups excluding carboxylic acids is 3. The molecule has 0 radical (unpaired) electrons. The molecule has 0 aromatic rings. The summed E-state index contributed by atoms with van der Waals surface area (Å²) in [6.45, 7) is 6.60. The Morgan fingerprint density at radius 3 is 0.690 bits per heavy atom. The first-order valence-electron chi connectivity index (χ1n) is 26.0. The lowest BCUT2D eigenvalue weighted by Crippen LogP contribution is -2.30. The van der Waals surface area contributed by atoms with Crippen molar-refractivity contribution in [2.75, 3.05) is 13.2 Å². The number of hydrogen-bond donors (Lipinski definition) is 0. The molecule has 0 aromatic heterocycles. The van der Waals surface area contributed by atoms with E-state index in [1.807, 2.05) is 0 Å². The monoisotopic (exact) mass is 821 g/mol. The summed E-state index contributed by atoms with van der Waals surface area (Å²) >= 11 is 0. The van der Waals surface area contributed by atoms with Gasteiger partial charge in [0.05, 0.1) is 0 Å². The highest BCUT2D eigenvalue weighted by atomic mass is 16.6. The predicted octanol–water partition coefficient (Wildman–Crippen LogP) is 16.8. The molecule has 0 fully saturated rings. The Labute approximate surface area is 361 Å². The van der Waals surface area contributed by atoms with E-state index in [1.54, 1.807) is 0 Å². The van der Waals surface area contributed by atoms with Crippen LogP contribution in [0.5, 0.6) is 0 Å². The second kappa shape index (κ2) is 48.1. The van der Waals surface area contributed by atoms with Gasteiger partial charge in [0, 0.05) is 19.3 Å². The van der Waals surface area contributed by atoms with Gasteiger partial charge in [0.2, 0.25) is 0 Å². The lowest BCUT2D eigenvalue weighted by Gasteiger charge is -2.18. The number of hydrogen-bond acceptors (Lipinski definition) is 6. The zero-order valence-electron chi connectivity index (χ0n) is 39.3. The summed E-state index contributed by atoms with van der Waals surface area (Å²) in [6.07, 6.45) is 51.3. The van der Waals surface area contributed by atoms with E-state index in [0.29, 0.717) is 19.3 Å². The van der Waals surface area contributed by atoms with E-state index in [0.717, 1.165) is 64.2 Å². The van der Waals surface area contributed by atoms with Crippen LogP contribution in [0.2, 0.25) is 0 Å².